The van der Waals surface area contributed by atoms with Crippen molar-refractivity contribution in [1.29, 1.82) is 0 Å². The number of carbonyl (C=O) groups is 4. The first kappa shape index (κ1) is 32.4. The number of thioether (sulfide) groups is 1. The first-order valence-electron chi connectivity index (χ1n) is 14.4. The van der Waals surface area contributed by atoms with Gasteiger partial charge in [-0.05, 0) is 68.7 Å². The van der Waals surface area contributed by atoms with Crippen LogP contribution in [0.15, 0.2) is 53.1 Å². The molecule has 0 saturated heterocycles. The molecule has 1 fully saturated rings. The quantitative estimate of drug-likeness (QED) is 0.166. The molecule has 0 aliphatic heterocycles. The van der Waals surface area contributed by atoms with E-state index < -0.39 is 35.5 Å². The van der Waals surface area contributed by atoms with Gasteiger partial charge in [-0.2, -0.15) is 0 Å². The van der Waals surface area contributed by atoms with Gasteiger partial charge in [-0.15, -0.1) is 11.8 Å². The Kier molecular flexibility index (Phi) is 11.2. The Morgan fingerprint density at radius 1 is 1.02 bits per heavy atom. The SMILES string of the molecule is CCOC(=O)c1ccc(N(C(=O)CSCC(=O)Nc2cc(C)on2)C(C(=O)NC2CCCCC2)c2ccc(O)c(O)c2)cc1. The third kappa shape index (κ3) is 8.53. The van der Waals surface area contributed by atoms with Crippen molar-refractivity contribution in [2.24, 2.45) is 0 Å². The summed E-state index contributed by atoms with van der Waals surface area (Å²) in [6.07, 6.45) is 4.63. The molecule has 3 amide bonds. The Bertz CT molecular complexity index is 1470. The van der Waals surface area contributed by atoms with Gasteiger partial charge in [0, 0.05) is 17.8 Å². The number of aromatic hydroxyl groups is 2. The number of nitrogens with one attached hydrogen (secondary N) is 2. The van der Waals surface area contributed by atoms with Crippen molar-refractivity contribution in [2.45, 2.75) is 58.0 Å². The van der Waals surface area contributed by atoms with Gasteiger partial charge in [0.2, 0.25) is 17.7 Å². The smallest absolute Gasteiger partial charge is 0.338 e. The van der Waals surface area contributed by atoms with Crippen LogP contribution in [0.2, 0.25) is 0 Å². The molecule has 1 atom stereocenters. The number of benzene rings is 2. The number of amides is 3. The number of phenolic OH excluding ortho intramolecular Hbond substituents is 2. The van der Waals surface area contributed by atoms with Gasteiger partial charge in [-0.25, -0.2) is 4.79 Å². The van der Waals surface area contributed by atoms with E-state index in [1.807, 2.05) is 0 Å². The average molecular weight is 625 g/mol. The molecule has 1 aliphatic rings. The summed E-state index contributed by atoms with van der Waals surface area (Å²) in [5, 5.41) is 29.7. The summed E-state index contributed by atoms with van der Waals surface area (Å²) in [5.74, 6) is -2.17. The number of rotatable bonds is 12. The summed E-state index contributed by atoms with van der Waals surface area (Å²) in [6, 6.07) is 10.3. The predicted molar refractivity (Wildman–Crippen MR) is 165 cm³/mol. The van der Waals surface area contributed by atoms with Crippen LogP contribution in [0.5, 0.6) is 11.5 Å². The minimum absolute atomic E-state index is 0.0772. The van der Waals surface area contributed by atoms with E-state index in [0.717, 1.165) is 43.9 Å². The molecule has 4 rings (SSSR count). The zero-order valence-electron chi connectivity index (χ0n) is 24.6. The highest BCUT2D eigenvalue weighted by atomic mass is 32.2. The van der Waals surface area contributed by atoms with Crippen LogP contribution in [0.3, 0.4) is 0 Å². The van der Waals surface area contributed by atoms with Crippen LogP contribution in [-0.2, 0) is 19.1 Å². The monoisotopic (exact) mass is 624 g/mol. The number of carbonyl (C=O) groups excluding carboxylic acids is 4. The number of nitrogens with zero attached hydrogens (tertiary/aromatic N) is 2. The summed E-state index contributed by atoms with van der Waals surface area (Å²) in [5.41, 5.74) is 0.839. The Balaban J connectivity index is 1.64. The average Bonchev–Trinajstić information content (AvgIpc) is 3.41. The Hall–Kier alpha value is -4.52. The van der Waals surface area contributed by atoms with Crippen molar-refractivity contribution in [3.05, 3.63) is 65.4 Å². The second-order valence-electron chi connectivity index (χ2n) is 10.4. The lowest BCUT2D eigenvalue weighted by molar-refractivity contribution is -0.126. The number of esters is 1. The van der Waals surface area contributed by atoms with Crippen LogP contribution < -0.4 is 15.5 Å². The molecule has 12 nitrogen and oxygen atoms in total. The Morgan fingerprint density at radius 3 is 2.39 bits per heavy atom. The van der Waals surface area contributed by atoms with Gasteiger partial charge in [-0.3, -0.25) is 19.3 Å². The molecule has 0 radical (unpaired) electrons. The number of phenols is 2. The fraction of sp³-hybridized carbons (Fsp3) is 0.387. The molecule has 0 spiro atoms. The van der Waals surface area contributed by atoms with E-state index >= 15 is 0 Å². The fourth-order valence-corrected chi connectivity index (χ4v) is 5.64. The minimum Gasteiger partial charge on any atom is -0.504 e. The van der Waals surface area contributed by atoms with Crippen molar-refractivity contribution >= 4 is 47.0 Å². The molecule has 1 saturated carbocycles. The first-order valence-corrected chi connectivity index (χ1v) is 15.5. The van der Waals surface area contributed by atoms with Crippen molar-refractivity contribution in [3.63, 3.8) is 0 Å². The summed E-state index contributed by atoms with van der Waals surface area (Å²) in [7, 11) is 0. The molecule has 4 N–H and O–H groups in total. The lowest BCUT2D eigenvalue weighted by Crippen LogP contribution is -2.48. The van der Waals surface area contributed by atoms with Gasteiger partial charge < -0.3 is 30.1 Å². The molecular formula is C31H36N4O8S. The highest BCUT2D eigenvalue weighted by Crippen LogP contribution is 2.34. The lowest BCUT2D eigenvalue weighted by Gasteiger charge is -2.33. The maximum atomic E-state index is 14.0. The molecule has 44 heavy (non-hydrogen) atoms. The van der Waals surface area contributed by atoms with Crippen LogP contribution in [0, 0.1) is 6.92 Å². The maximum Gasteiger partial charge on any atom is 0.338 e. The summed E-state index contributed by atoms with van der Waals surface area (Å²) in [6.45, 7) is 3.58. The molecule has 13 heteroatoms. The molecule has 1 aliphatic carbocycles. The summed E-state index contributed by atoms with van der Waals surface area (Å²) >= 11 is 1.04. The molecular weight excluding hydrogens is 588 g/mol. The van der Waals surface area contributed by atoms with E-state index in [1.54, 1.807) is 19.9 Å². The van der Waals surface area contributed by atoms with Gasteiger partial charge in [0.05, 0.1) is 23.7 Å². The standard InChI is InChI=1S/C31H36N4O8S/c1-3-42-31(41)20-9-12-23(13-10-20)35(28(39)18-44-17-27(38)33-26-15-19(2)43-34-26)29(21-11-14-24(36)25(37)16-21)30(40)32-22-7-5-4-6-8-22/h9-16,22,29,36-37H,3-8,17-18H2,1-2H3,(H,32,40)(H,33,34,38). The van der Waals surface area contributed by atoms with E-state index in [-0.39, 0.29) is 46.8 Å². The number of anilines is 2. The van der Waals surface area contributed by atoms with Crippen LogP contribution in [0.4, 0.5) is 11.5 Å². The zero-order chi connectivity index (χ0) is 31.6. The van der Waals surface area contributed by atoms with Gasteiger partial charge in [0.1, 0.15) is 11.8 Å². The molecule has 234 valence electrons. The first-order chi connectivity index (χ1) is 21.2. The van der Waals surface area contributed by atoms with Gasteiger partial charge in [-0.1, -0.05) is 30.5 Å². The molecule has 3 aromatic rings. The highest BCUT2D eigenvalue weighted by molar-refractivity contribution is 8.00. The number of ether oxygens (including phenoxy) is 1. The van der Waals surface area contributed by atoms with Crippen LogP contribution in [0.1, 0.15) is 66.8 Å². The zero-order valence-corrected chi connectivity index (χ0v) is 25.4. The Labute approximate surface area is 259 Å². The lowest BCUT2D eigenvalue weighted by atomic mass is 9.94. The van der Waals surface area contributed by atoms with Crippen LogP contribution in [0.25, 0.3) is 0 Å². The van der Waals surface area contributed by atoms with E-state index in [2.05, 4.69) is 15.8 Å². The second-order valence-corrected chi connectivity index (χ2v) is 11.4. The molecule has 1 unspecified atom stereocenters. The summed E-state index contributed by atoms with van der Waals surface area (Å²) < 4.78 is 10.0. The topological polar surface area (TPSA) is 171 Å². The highest BCUT2D eigenvalue weighted by Gasteiger charge is 2.34. The largest absolute Gasteiger partial charge is 0.504 e. The van der Waals surface area contributed by atoms with Crippen molar-refractivity contribution < 1.29 is 38.7 Å². The second kappa shape index (κ2) is 15.3. The normalized spacial score (nSPS) is 14.0. The van der Waals surface area contributed by atoms with E-state index in [4.69, 9.17) is 9.26 Å². The third-order valence-corrected chi connectivity index (χ3v) is 7.97. The van der Waals surface area contributed by atoms with E-state index in [9.17, 15) is 29.4 Å². The van der Waals surface area contributed by atoms with Gasteiger partial charge in [0.15, 0.2) is 17.3 Å². The maximum absolute atomic E-state index is 14.0. The molecule has 1 heterocycles. The van der Waals surface area contributed by atoms with Crippen molar-refractivity contribution in [1.82, 2.24) is 10.5 Å². The van der Waals surface area contributed by atoms with Crippen molar-refractivity contribution in [2.75, 3.05) is 28.3 Å². The molecule has 1 aromatic heterocycles. The fourth-order valence-electron chi connectivity index (χ4n) is 4.97. The van der Waals surface area contributed by atoms with E-state index in [0.29, 0.717) is 11.4 Å². The predicted octanol–water partition coefficient (Wildman–Crippen LogP) is 4.47. The van der Waals surface area contributed by atoms with Crippen LogP contribution in [-0.4, -0.2) is 63.2 Å². The number of aryl methyl sites for hydroxylation is 1. The minimum atomic E-state index is -1.24. The van der Waals surface area contributed by atoms with Crippen LogP contribution >= 0.6 is 11.8 Å². The summed E-state index contributed by atoms with van der Waals surface area (Å²) in [4.78, 5) is 53.9. The Morgan fingerprint density at radius 2 is 1.75 bits per heavy atom. The third-order valence-electron chi connectivity index (χ3n) is 7.05. The van der Waals surface area contributed by atoms with Gasteiger partial charge >= 0.3 is 5.97 Å². The number of hydrogen-bond donors (Lipinski definition) is 4. The number of hydrogen-bond acceptors (Lipinski definition) is 10. The molecule has 2 aromatic carbocycles. The van der Waals surface area contributed by atoms with Gasteiger partial charge in [0.25, 0.3) is 0 Å². The molecule has 0 bridgehead atoms. The number of aromatic nitrogens is 1. The van der Waals surface area contributed by atoms with E-state index in [1.165, 1.54) is 47.4 Å². The van der Waals surface area contributed by atoms with Crippen molar-refractivity contribution in [3.8, 4) is 11.5 Å².